The van der Waals surface area contributed by atoms with Gasteiger partial charge in [-0.05, 0) is 22.6 Å². The third kappa shape index (κ3) is 1.95. The summed E-state index contributed by atoms with van der Waals surface area (Å²) in [5, 5.41) is 0. The number of halogens is 1. The number of aromatic nitrogens is 1. The van der Waals surface area contributed by atoms with Crippen molar-refractivity contribution in [3.63, 3.8) is 0 Å². The predicted molar refractivity (Wildman–Crippen MR) is 50.1 cm³/mol. The summed E-state index contributed by atoms with van der Waals surface area (Å²) in [4.78, 5) is 4.01. The fourth-order valence-electron chi connectivity index (χ4n) is 0.708. The zero-order valence-corrected chi connectivity index (χ0v) is 8.45. The van der Waals surface area contributed by atoms with Gasteiger partial charge in [0.1, 0.15) is 0 Å². The average Bonchev–Trinajstić information content (AvgIpc) is 2.04. The van der Waals surface area contributed by atoms with Gasteiger partial charge < -0.3 is 9.47 Å². The zero-order valence-electron chi connectivity index (χ0n) is 6.30. The van der Waals surface area contributed by atoms with Crippen LogP contribution in [0.3, 0.4) is 0 Å². The summed E-state index contributed by atoms with van der Waals surface area (Å²) in [5.74, 6) is 1.19. The summed E-state index contributed by atoms with van der Waals surface area (Å²) in [6.45, 7) is 0. The van der Waals surface area contributed by atoms with Gasteiger partial charge in [-0.25, -0.2) is 4.98 Å². The van der Waals surface area contributed by atoms with Gasteiger partial charge in [-0.3, -0.25) is 0 Å². The van der Waals surface area contributed by atoms with E-state index in [2.05, 4.69) is 27.6 Å². The summed E-state index contributed by atoms with van der Waals surface area (Å²) in [6, 6.07) is 1.87. The van der Waals surface area contributed by atoms with E-state index in [9.17, 15) is 0 Å². The Labute approximate surface area is 78.9 Å². The number of hydrogen-bond donors (Lipinski definition) is 0. The van der Waals surface area contributed by atoms with Gasteiger partial charge in [0.25, 0.3) is 5.88 Å². The largest absolute Gasteiger partial charge is 0.491 e. The van der Waals surface area contributed by atoms with Crippen LogP contribution in [-0.4, -0.2) is 19.2 Å². The van der Waals surface area contributed by atoms with Crippen molar-refractivity contribution in [1.29, 1.82) is 0 Å². The van der Waals surface area contributed by atoms with Gasteiger partial charge in [0, 0.05) is 15.8 Å². The van der Waals surface area contributed by atoms with Gasteiger partial charge in [0.15, 0.2) is 5.75 Å². The maximum Gasteiger partial charge on any atom is 0.256 e. The van der Waals surface area contributed by atoms with Crippen LogP contribution >= 0.6 is 22.6 Å². The second-order valence-corrected chi connectivity index (χ2v) is 3.11. The van der Waals surface area contributed by atoms with Crippen molar-refractivity contribution < 1.29 is 9.47 Å². The minimum Gasteiger partial charge on any atom is -0.491 e. The van der Waals surface area contributed by atoms with E-state index in [1.807, 2.05) is 6.07 Å². The van der Waals surface area contributed by atoms with E-state index in [0.29, 0.717) is 11.6 Å². The van der Waals surface area contributed by atoms with Crippen LogP contribution < -0.4 is 9.47 Å². The molecule has 0 unspecified atom stereocenters. The SMILES string of the molecule is COc1cc(I)cnc1OC. The lowest BCUT2D eigenvalue weighted by atomic mass is 10.4. The van der Waals surface area contributed by atoms with Crippen LogP contribution in [0.4, 0.5) is 0 Å². The molecule has 60 valence electrons. The minimum absolute atomic E-state index is 0.521. The molecule has 0 atom stereocenters. The van der Waals surface area contributed by atoms with Gasteiger partial charge in [0.2, 0.25) is 0 Å². The number of ether oxygens (including phenoxy) is 2. The Hall–Kier alpha value is -0.520. The highest BCUT2D eigenvalue weighted by Gasteiger charge is 2.03. The van der Waals surface area contributed by atoms with Crippen molar-refractivity contribution in [2.45, 2.75) is 0 Å². The standard InChI is InChI=1S/C7H8INO2/c1-10-6-3-5(8)4-9-7(6)11-2/h3-4H,1-2H3. The number of nitrogens with zero attached hydrogens (tertiary/aromatic N) is 1. The van der Waals surface area contributed by atoms with E-state index < -0.39 is 0 Å². The zero-order chi connectivity index (χ0) is 8.27. The van der Waals surface area contributed by atoms with E-state index in [0.717, 1.165) is 3.57 Å². The summed E-state index contributed by atoms with van der Waals surface area (Å²) < 4.78 is 11.0. The molecular formula is C7H8INO2. The molecule has 0 amide bonds. The van der Waals surface area contributed by atoms with Crippen LogP contribution in [0, 0.1) is 3.57 Å². The molecule has 3 nitrogen and oxygen atoms in total. The molecule has 1 rings (SSSR count). The Morgan fingerprint density at radius 1 is 1.36 bits per heavy atom. The first-order chi connectivity index (χ1) is 5.27. The third-order valence-electron chi connectivity index (χ3n) is 1.20. The van der Waals surface area contributed by atoms with Gasteiger partial charge in [-0.2, -0.15) is 0 Å². The van der Waals surface area contributed by atoms with Crippen molar-refractivity contribution in [3.8, 4) is 11.6 Å². The number of methoxy groups -OCH3 is 2. The molecule has 4 heteroatoms. The fourth-order valence-corrected chi connectivity index (χ4v) is 1.13. The maximum absolute atomic E-state index is 5.02. The van der Waals surface area contributed by atoms with E-state index in [4.69, 9.17) is 9.47 Å². The molecule has 0 spiro atoms. The summed E-state index contributed by atoms with van der Waals surface area (Å²) >= 11 is 2.16. The molecule has 0 aliphatic carbocycles. The Morgan fingerprint density at radius 3 is 2.64 bits per heavy atom. The second-order valence-electron chi connectivity index (χ2n) is 1.87. The third-order valence-corrected chi connectivity index (χ3v) is 1.79. The van der Waals surface area contributed by atoms with Crippen molar-refractivity contribution in [1.82, 2.24) is 4.98 Å². The van der Waals surface area contributed by atoms with E-state index in [1.54, 1.807) is 20.4 Å². The molecule has 0 N–H and O–H groups in total. The molecular weight excluding hydrogens is 257 g/mol. The van der Waals surface area contributed by atoms with Crippen molar-refractivity contribution in [2.24, 2.45) is 0 Å². The number of hydrogen-bond acceptors (Lipinski definition) is 3. The van der Waals surface area contributed by atoms with Crippen molar-refractivity contribution in [2.75, 3.05) is 14.2 Å². The molecule has 0 aromatic carbocycles. The van der Waals surface area contributed by atoms with Crippen LogP contribution in [0.15, 0.2) is 12.3 Å². The van der Waals surface area contributed by atoms with Gasteiger partial charge in [-0.15, -0.1) is 0 Å². The van der Waals surface area contributed by atoms with Crippen LogP contribution in [0.2, 0.25) is 0 Å². The first-order valence-electron chi connectivity index (χ1n) is 3.01. The van der Waals surface area contributed by atoms with Crippen LogP contribution in [0.25, 0.3) is 0 Å². The highest BCUT2D eigenvalue weighted by atomic mass is 127. The fraction of sp³-hybridized carbons (Fsp3) is 0.286. The quantitative estimate of drug-likeness (QED) is 0.763. The first-order valence-corrected chi connectivity index (χ1v) is 4.09. The Balaban J connectivity index is 3.06. The molecule has 1 heterocycles. The molecule has 0 saturated carbocycles. The highest BCUT2D eigenvalue weighted by Crippen LogP contribution is 2.24. The van der Waals surface area contributed by atoms with E-state index >= 15 is 0 Å². The molecule has 1 aromatic rings. The smallest absolute Gasteiger partial charge is 0.256 e. The topological polar surface area (TPSA) is 31.4 Å². The molecule has 0 saturated heterocycles. The molecule has 0 aliphatic rings. The van der Waals surface area contributed by atoms with Crippen LogP contribution in [0.1, 0.15) is 0 Å². The number of pyridine rings is 1. The summed E-state index contributed by atoms with van der Waals surface area (Å²) in [5.41, 5.74) is 0. The lowest BCUT2D eigenvalue weighted by Gasteiger charge is -2.04. The monoisotopic (exact) mass is 265 g/mol. The average molecular weight is 265 g/mol. The lowest BCUT2D eigenvalue weighted by molar-refractivity contribution is 0.342. The molecule has 0 radical (unpaired) electrons. The van der Waals surface area contributed by atoms with Crippen molar-refractivity contribution >= 4 is 22.6 Å². The summed E-state index contributed by atoms with van der Waals surface area (Å²) in [6.07, 6.45) is 1.72. The lowest BCUT2D eigenvalue weighted by Crippen LogP contribution is -1.93. The molecule has 1 aromatic heterocycles. The normalized spacial score (nSPS) is 9.36. The molecule has 11 heavy (non-hydrogen) atoms. The predicted octanol–water partition coefficient (Wildman–Crippen LogP) is 1.70. The second kappa shape index (κ2) is 3.75. The molecule has 0 aliphatic heterocycles. The Kier molecular flexibility index (Phi) is 2.92. The van der Waals surface area contributed by atoms with E-state index in [1.165, 1.54) is 0 Å². The summed E-state index contributed by atoms with van der Waals surface area (Å²) in [7, 11) is 3.16. The van der Waals surface area contributed by atoms with Crippen LogP contribution in [-0.2, 0) is 0 Å². The van der Waals surface area contributed by atoms with Crippen molar-refractivity contribution in [3.05, 3.63) is 15.8 Å². The number of rotatable bonds is 2. The first kappa shape index (κ1) is 8.58. The Morgan fingerprint density at radius 2 is 2.09 bits per heavy atom. The van der Waals surface area contributed by atoms with Gasteiger partial charge in [-0.1, -0.05) is 0 Å². The van der Waals surface area contributed by atoms with E-state index in [-0.39, 0.29) is 0 Å². The van der Waals surface area contributed by atoms with Crippen LogP contribution in [0.5, 0.6) is 11.6 Å². The van der Waals surface area contributed by atoms with Gasteiger partial charge in [0.05, 0.1) is 14.2 Å². The Bertz CT molecular complexity index is 252. The molecule has 0 bridgehead atoms. The highest BCUT2D eigenvalue weighted by molar-refractivity contribution is 14.1. The van der Waals surface area contributed by atoms with Gasteiger partial charge >= 0.3 is 0 Å². The minimum atomic E-state index is 0.521. The maximum atomic E-state index is 5.02. The molecule has 0 fully saturated rings.